The number of hydrogen-bond acceptors (Lipinski definition) is 1. The van der Waals surface area contributed by atoms with Crippen LogP contribution in [0.4, 0.5) is 17.1 Å². The van der Waals surface area contributed by atoms with E-state index in [0.717, 1.165) is 12.1 Å². The second-order valence-electron chi connectivity index (χ2n) is 16.8. The van der Waals surface area contributed by atoms with E-state index in [9.17, 15) is 0 Å². The fourth-order valence-corrected chi connectivity index (χ4v) is 9.34. The van der Waals surface area contributed by atoms with Gasteiger partial charge in [-0.25, -0.2) is 0 Å². The van der Waals surface area contributed by atoms with Gasteiger partial charge in [-0.2, -0.15) is 0 Å². The summed E-state index contributed by atoms with van der Waals surface area (Å²) in [6, 6.07) is 56.7. The Kier molecular flexibility index (Phi) is 7.39. The number of nitrogens with zero attached hydrogens (tertiary/aromatic N) is 1. The zero-order chi connectivity index (χ0) is 35.8. The molecule has 1 nitrogen and oxygen atoms in total. The van der Waals surface area contributed by atoms with E-state index in [1.165, 1.54) is 84.2 Å². The smallest absolute Gasteiger partial charge is 0.0543 e. The lowest BCUT2D eigenvalue weighted by Gasteiger charge is -2.43. The standard InChI is InChI=1S/C51H47N/c1-49(2)30-31-50(3,4)48-40(22-15-24-44(48)49)42-32-41-39-21-12-13-23-43(39)51(5,6)45(41)33-47(42)52(46-25-14-19-36-18-10-11-20-38(36)46)37-28-26-35(27-29-37)34-16-8-7-9-17-34/h7-29,32-33H,30-31H2,1-6H3. The molecule has 0 N–H and O–H groups in total. The molecule has 7 aromatic rings. The molecular weight excluding hydrogens is 627 g/mol. The molecule has 0 radical (unpaired) electrons. The molecule has 2 aliphatic carbocycles. The van der Waals surface area contributed by atoms with E-state index in [2.05, 4.69) is 198 Å². The van der Waals surface area contributed by atoms with Crippen molar-refractivity contribution in [3.63, 3.8) is 0 Å². The quantitative estimate of drug-likeness (QED) is 0.176. The lowest BCUT2D eigenvalue weighted by molar-refractivity contribution is 0.333. The third-order valence-electron chi connectivity index (χ3n) is 12.3. The average Bonchev–Trinajstić information content (AvgIpc) is 3.39. The van der Waals surface area contributed by atoms with Crippen molar-refractivity contribution in [3.8, 4) is 33.4 Å². The number of hydrogen-bond donors (Lipinski definition) is 0. The molecule has 7 aromatic carbocycles. The van der Waals surface area contributed by atoms with Gasteiger partial charge in [-0.05, 0) is 109 Å². The van der Waals surface area contributed by atoms with Crippen molar-refractivity contribution in [2.24, 2.45) is 0 Å². The van der Waals surface area contributed by atoms with Crippen molar-refractivity contribution < 1.29 is 0 Å². The summed E-state index contributed by atoms with van der Waals surface area (Å²) in [5.74, 6) is 0. The molecule has 0 aromatic heterocycles. The number of fused-ring (bicyclic) bond motifs is 5. The Morgan fingerprint density at radius 1 is 0.423 bits per heavy atom. The maximum Gasteiger partial charge on any atom is 0.0543 e. The predicted molar refractivity (Wildman–Crippen MR) is 222 cm³/mol. The summed E-state index contributed by atoms with van der Waals surface area (Å²) < 4.78 is 0. The molecule has 256 valence electrons. The topological polar surface area (TPSA) is 3.24 Å². The van der Waals surface area contributed by atoms with Crippen LogP contribution in [0, 0.1) is 0 Å². The fourth-order valence-electron chi connectivity index (χ4n) is 9.34. The Morgan fingerprint density at radius 2 is 1.04 bits per heavy atom. The Morgan fingerprint density at radius 3 is 1.85 bits per heavy atom. The number of rotatable bonds is 5. The summed E-state index contributed by atoms with van der Waals surface area (Å²) in [4.78, 5) is 2.55. The normalized spacial score (nSPS) is 16.2. The first-order chi connectivity index (χ1) is 25.0. The van der Waals surface area contributed by atoms with Crippen LogP contribution < -0.4 is 4.90 Å². The van der Waals surface area contributed by atoms with Crippen molar-refractivity contribution in [3.05, 3.63) is 174 Å². The summed E-state index contributed by atoms with van der Waals surface area (Å²) in [5, 5.41) is 2.48. The van der Waals surface area contributed by atoms with Gasteiger partial charge >= 0.3 is 0 Å². The van der Waals surface area contributed by atoms with Crippen LogP contribution in [0.3, 0.4) is 0 Å². The highest BCUT2D eigenvalue weighted by atomic mass is 15.1. The van der Waals surface area contributed by atoms with Crippen LogP contribution in [0.15, 0.2) is 152 Å². The largest absolute Gasteiger partial charge is 0.309 e. The maximum absolute atomic E-state index is 2.55. The lowest BCUT2D eigenvalue weighted by Crippen LogP contribution is -2.34. The summed E-state index contributed by atoms with van der Waals surface area (Å²) in [7, 11) is 0. The minimum Gasteiger partial charge on any atom is -0.309 e. The van der Waals surface area contributed by atoms with Crippen molar-refractivity contribution >= 4 is 27.8 Å². The third kappa shape index (κ3) is 5.05. The molecule has 0 atom stereocenters. The lowest BCUT2D eigenvalue weighted by atomic mass is 9.61. The molecule has 52 heavy (non-hydrogen) atoms. The van der Waals surface area contributed by atoms with Gasteiger partial charge in [-0.1, -0.05) is 163 Å². The Bertz CT molecular complexity index is 2470. The fraction of sp³-hybridized carbons (Fsp3) is 0.216. The molecule has 0 saturated carbocycles. The van der Waals surface area contributed by atoms with E-state index in [1.54, 1.807) is 0 Å². The van der Waals surface area contributed by atoms with Gasteiger partial charge in [0.2, 0.25) is 0 Å². The van der Waals surface area contributed by atoms with Crippen LogP contribution in [-0.4, -0.2) is 0 Å². The van der Waals surface area contributed by atoms with Crippen LogP contribution in [0.5, 0.6) is 0 Å². The summed E-state index contributed by atoms with van der Waals surface area (Å²) in [6.07, 6.45) is 2.35. The highest BCUT2D eigenvalue weighted by molar-refractivity contribution is 6.03. The Labute approximate surface area is 309 Å². The van der Waals surface area contributed by atoms with E-state index < -0.39 is 0 Å². The molecule has 0 unspecified atom stereocenters. The van der Waals surface area contributed by atoms with Crippen LogP contribution in [0.25, 0.3) is 44.2 Å². The first-order valence-electron chi connectivity index (χ1n) is 18.9. The van der Waals surface area contributed by atoms with Crippen molar-refractivity contribution in [1.82, 2.24) is 0 Å². The first kappa shape index (κ1) is 32.5. The van der Waals surface area contributed by atoms with Gasteiger partial charge in [0.15, 0.2) is 0 Å². The second kappa shape index (κ2) is 11.8. The zero-order valence-electron chi connectivity index (χ0n) is 31.3. The summed E-state index contributed by atoms with van der Waals surface area (Å²) in [6.45, 7) is 14.6. The molecule has 0 spiro atoms. The number of anilines is 3. The van der Waals surface area contributed by atoms with Gasteiger partial charge in [-0.15, -0.1) is 0 Å². The van der Waals surface area contributed by atoms with E-state index in [4.69, 9.17) is 0 Å². The molecule has 1 heteroatoms. The first-order valence-corrected chi connectivity index (χ1v) is 18.9. The minimum absolute atomic E-state index is 0.0382. The Hall–Kier alpha value is -5.40. The highest BCUT2D eigenvalue weighted by Gasteiger charge is 2.41. The number of benzene rings is 7. The molecule has 0 saturated heterocycles. The highest BCUT2D eigenvalue weighted by Crippen LogP contribution is 2.56. The van der Waals surface area contributed by atoms with E-state index in [-0.39, 0.29) is 16.2 Å². The second-order valence-corrected chi connectivity index (χ2v) is 16.8. The zero-order valence-corrected chi connectivity index (χ0v) is 31.3. The van der Waals surface area contributed by atoms with Crippen LogP contribution in [0.2, 0.25) is 0 Å². The third-order valence-corrected chi connectivity index (χ3v) is 12.3. The Balaban J connectivity index is 1.39. The summed E-state index contributed by atoms with van der Waals surface area (Å²) in [5.41, 5.74) is 17.1. The monoisotopic (exact) mass is 673 g/mol. The molecule has 0 aliphatic heterocycles. The predicted octanol–water partition coefficient (Wildman–Crippen LogP) is 14.3. The van der Waals surface area contributed by atoms with E-state index in [1.807, 2.05) is 0 Å². The molecule has 9 rings (SSSR count). The van der Waals surface area contributed by atoms with Crippen LogP contribution >= 0.6 is 0 Å². The van der Waals surface area contributed by atoms with E-state index in [0.29, 0.717) is 0 Å². The van der Waals surface area contributed by atoms with Crippen molar-refractivity contribution in [1.29, 1.82) is 0 Å². The van der Waals surface area contributed by atoms with Gasteiger partial charge in [0.25, 0.3) is 0 Å². The van der Waals surface area contributed by atoms with Gasteiger partial charge in [0.05, 0.1) is 11.4 Å². The van der Waals surface area contributed by atoms with Gasteiger partial charge in [0, 0.05) is 22.1 Å². The van der Waals surface area contributed by atoms with E-state index >= 15 is 0 Å². The SMILES string of the molecule is CC1(C)CCC(C)(C)c2c(-c3cc4c(cc3N(c3ccc(-c5ccccc5)cc3)c3cccc5ccccc35)C(C)(C)c3ccccc3-4)cccc21. The molecule has 0 heterocycles. The maximum atomic E-state index is 2.55. The summed E-state index contributed by atoms with van der Waals surface area (Å²) >= 11 is 0. The molecule has 0 fully saturated rings. The van der Waals surface area contributed by atoms with Gasteiger partial charge in [0.1, 0.15) is 0 Å². The molecule has 0 amide bonds. The van der Waals surface area contributed by atoms with Crippen molar-refractivity contribution in [2.45, 2.75) is 70.6 Å². The van der Waals surface area contributed by atoms with Crippen LogP contribution in [-0.2, 0) is 16.2 Å². The molecule has 2 aliphatic rings. The van der Waals surface area contributed by atoms with Gasteiger partial charge < -0.3 is 4.90 Å². The van der Waals surface area contributed by atoms with Crippen LogP contribution in [0.1, 0.15) is 76.6 Å². The van der Waals surface area contributed by atoms with Gasteiger partial charge in [-0.3, -0.25) is 0 Å². The average molecular weight is 674 g/mol. The minimum atomic E-state index is -0.141. The molecule has 0 bridgehead atoms. The molecular formula is C51H47N. The van der Waals surface area contributed by atoms with Crippen molar-refractivity contribution in [2.75, 3.05) is 4.90 Å².